The molecule has 0 aliphatic heterocycles. The summed E-state index contributed by atoms with van der Waals surface area (Å²) in [5, 5.41) is 2.79. The first kappa shape index (κ1) is 14.7. The highest BCUT2D eigenvalue weighted by Crippen LogP contribution is 2.35. The van der Waals surface area contributed by atoms with Gasteiger partial charge in [-0.2, -0.15) is 0 Å². The molecule has 0 spiro atoms. The van der Waals surface area contributed by atoms with Crippen molar-refractivity contribution in [3.8, 4) is 0 Å². The van der Waals surface area contributed by atoms with Gasteiger partial charge in [0.2, 0.25) is 5.91 Å². The van der Waals surface area contributed by atoms with Crippen LogP contribution in [0.4, 0.5) is 0 Å². The Balaban J connectivity index is 2.18. The lowest BCUT2D eigenvalue weighted by atomic mass is 10.1. The predicted molar refractivity (Wildman–Crippen MR) is 84.8 cm³/mol. The molecule has 2 aromatic rings. The van der Waals surface area contributed by atoms with Gasteiger partial charge in [0.25, 0.3) is 0 Å². The molecule has 0 fully saturated rings. The zero-order chi connectivity index (χ0) is 14.2. The monoisotopic (exact) mass is 285 g/mol. The molecule has 104 valence electrons. The topological polar surface area (TPSA) is 29.1 Å². The summed E-state index contributed by atoms with van der Waals surface area (Å²) < 4.78 is 0. The fourth-order valence-corrected chi connectivity index (χ4v) is 2.95. The van der Waals surface area contributed by atoms with Crippen LogP contribution in [0.3, 0.4) is 0 Å². The highest BCUT2D eigenvalue weighted by Gasteiger charge is 2.21. The molecule has 0 aromatic heterocycles. The largest absolute Gasteiger partial charge is 0.355 e. The van der Waals surface area contributed by atoms with Gasteiger partial charge in [0.1, 0.15) is 5.25 Å². The van der Waals surface area contributed by atoms with Gasteiger partial charge in [-0.25, -0.2) is 0 Å². The van der Waals surface area contributed by atoms with Crippen molar-refractivity contribution in [2.24, 2.45) is 0 Å². The molecule has 0 unspecified atom stereocenters. The highest BCUT2D eigenvalue weighted by molar-refractivity contribution is 8.00. The summed E-state index contributed by atoms with van der Waals surface area (Å²) in [5.74, 6) is 0.0758. The lowest BCUT2D eigenvalue weighted by molar-refractivity contribution is -0.120. The lowest BCUT2D eigenvalue weighted by Crippen LogP contribution is -2.28. The number of carbonyl (C=O) groups is 1. The van der Waals surface area contributed by atoms with Crippen LogP contribution in [0.1, 0.15) is 24.2 Å². The van der Waals surface area contributed by atoms with Gasteiger partial charge < -0.3 is 5.32 Å². The molecule has 20 heavy (non-hydrogen) atoms. The maximum Gasteiger partial charge on any atom is 0.237 e. The predicted octanol–water partition coefficient (Wildman–Crippen LogP) is 4.05. The summed E-state index contributed by atoms with van der Waals surface area (Å²) >= 11 is 1.59. The van der Waals surface area contributed by atoms with Gasteiger partial charge in [0.15, 0.2) is 0 Å². The number of amides is 1. The van der Waals surface area contributed by atoms with Gasteiger partial charge in [0.05, 0.1) is 0 Å². The fraction of sp³-hybridized carbons (Fsp3) is 0.235. The second-order valence-corrected chi connectivity index (χ2v) is 5.69. The normalized spacial score (nSPS) is 11.8. The van der Waals surface area contributed by atoms with Gasteiger partial charge in [-0.05, 0) is 24.1 Å². The quantitative estimate of drug-likeness (QED) is 0.811. The number of hydrogen-bond acceptors (Lipinski definition) is 2. The lowest BCUT2D eigenvalue weighted by Gasteiger charge is -2.16. The second-order valence-electron chi connectivity index (χ2n) is 4.51. The van der Waals surface area contributed by atoms with Crippen LogP contribution < -0.4 is 5.32 Å². The van der Waals surface area contributed by atoms with Crippen molar-refractivity contribution < 1.29 is 4.79 Å². The molecule has 0 saturated carbocycles. The van der Waals surface area contributed by atoms with E-state index < -0.39 is 0 Å². The van der Waals surface area contributed by atoms with E-state index in [1.165, 1.54) is 0 Å². The molecule has 2 nitrogen and oxygen atoms in total. The molecule has 0 heterocycles. The first-order valence-corrected chi connectivity index (χ1v) is 7.73. The molecule has 1 atom stereocenters. The number of hydrogen-bond donors (Lipinski definition) is 1. The Morgan fingerprint density at radius 3 is 2.25 bits per heavy atom. The summed E-state index contributed by atoms with van der Waals surface area (Å²) in [5.41, 5.74) is 1.04. The Kier molecular flexibility index (Phi) is 5.69. The fourth-order valence-electron chi connectivity index (χ4n) is 1.88. The van der Waals surface area contributed by atoms with Crippen LogP contribution in [-0.2, 0) is 4.79 Å². The third kappa shape index (κ3) is 4.14. The zero-order valence-corrected chi connectivity index (χ0v) is 12.4. The van der Waals surface area contributed by atoms with Crippen molar-refractivity contribution in [1.82, 2.24) is 5.32 Å². The second kappa shape index (κ2) is 7.75. The molecule has 3 heteroatoms. The Hall–Kier alpha value is -1.74. The summed E-state index contributed by atoms with van der Waals surface area (Å²) in [4.78, 5) is 13.5. The minimum Gasteiger partial charge on any atom is -0.355 e. The summed E-state index contributed by atoms with van der Waals surface area (Å²) in [6.45, 7) is 2.78. The van der Waals surface area contributed by atoms with Crippen molar-refractivity contribution in [3.63, 3.8) is 0 Å². The molecule has 0 radical (unpaired) electrons. The Bertz CT molecular complexity index is 527. The minimum absolute atomic E-state index is 0.0758. The van der Waals surface area contributed by atoms with Gasteiger partial charge in [-0.15, -0.1) is 11.8 Å². The van der Waals surface area contributed by atoms with E-state index in [0.29, 0.717) is 0 Å². The van der Waals surface area contributed by atoms with E-state index in [1.807, 2.05) is 60.7 Å². The van der Waals surface area contributed by atoms with Crippen LogP contribution >= 0.6 is 11.8 Å². The maximum atomic E-state index is 12.4. The summed E-state index contributed by atoms with van der Waals surface area (Å²) in [6.07, 6.45) is 0.948. The number of rotatable bonds is 6. The van der Waals surface area contributed by atoms with Crippen molar-refractivity contribution in [2.45, 2.75) is 23.5 Å². The van der Waals surface area contributed by atoms with Gasteiger partial charge in [-0.1, -0.05) is 55.5 Å². The van der Waals surface area contributed by atoms with E-state index >= 15 is 0 Å². The molecular formula is C17H19NOS. The van der Waals surface area contributed by atoms with Crippen LogP contribution in [0.5, 0.6) is 0 Å². The molecule has 0 bridgehead atoms. The van der Waals surface area contributed by atoms with Crippen molar-refractivity contribution in [3.05, 3.63) is 66.2 Å². The van der Waals surface area contributed by atoms with Crippen LogP contribution in [0.2, 0.25) is 0 Å². The van der Waals surface area contributed by atoms with Crippen molar-refractivity contribution in [1.29, 1.82) is 0 Å². The third-order valence-corrected chi connectivity index (χ3v) is 4.15. The molecule has 2 rings (SSSR count). The first-order chi connectivity index (χ1) is 9.81. The van der Waals surface area contributed by atoms with E-state index in [-0.39, 0.29) is 11.2 Å². The van der Waals surface area contributed by atoms with Crippen LogP contribution in [0, 0.1) is 0 Å². The molecule has 2 aromatic carbocycles. The minimum atomic E-state index is -0.204. The molecule has 1 amide bonds. The van der Waals surface area contributed by atoms with Crippen LogP contribution in [0.15, 0.2) is 65.6 Å². The Labute approximate surface area is 124 Å². The van der Waals surface area contributed by atoms with Crippen molar-refractivity contribution in [2.75, 3.05) is 6.54 Å². The standard InChI is InChI=1S/C17H19NOS/c1-2-13-18-17(19)16(14-9-5-3-6-10-14)20-15-11-7-4-8-12-15/h3-12,16H,2,13H2,1H3,(H,18,19)/t16-/m0/s1. The number of carbonyl (C=O) groups excluding carboxylic acids is 1. The molecule has 0 saturated heterocycles. The Morgan fingerprint density at radius 2 is 1.65 bits per heavy atom. The zero-order valence-electron chi connectivity index (χ0n) is 11.6. The van der Waals surface area contributed by atoms with E-state index in [2.05, 4.69) is 12.2 Å². The maximum absolute atomic E-state index is 12.4. The van der Waals surface area contributed by atoms with Crippen LogP contribution in [0.25, 0.3) is 0 Å². The average Bonchev–Trinajstić information content (AvgIpc) is 2.52. The number of thioether (sulfide) groups is 1. The number of benzene rings is 2. The highest BCUT2D eigenvalue weighted by atomic mass is 32.2. The Morgan fingerprint density at radius 1 is 1.05 bits per heavy atom. The SMILES string of the molecule is CCCNC(=O)[C@@H](Sc1ccccc1)c1ccccc1. The van der Waals surface area contributed by atoms with Gasteiger partial charge >= 0.3 is 0 Å². The average molecular weight is 285 g/mol. The molecular weight excluding hydrogens is 266 g/mol. The summed E-state index contributed by atoms with van der Waals surface area (Å²) in [7, 11) is 0. The molecule has 1 N–H and O–H groups in total. The van der Waals surface area contributed by atoms with E-state index in [4.69, 9.17) is 0 Å². The molecule has 0 aliphatic rings. The molecule has 0 aliphatic carbocycles. The number of nitrogens with one attached hydrogen (secondary N) is 1. The first-order valence-electron chi connectivity index (χ1n) is 6.85. The third-order valence-electron chi connectivity index (χ3n) is 2.89. The smallest absolute Gasteiger partial charge is 0.237 e. The summed E-state index contributed by atoms with van der Waals surface area (Å²) in [6, 6.07) is 20.0. The van der Waals surface area contributed by atoms with Crippen LogP contribution in [-0.4, -0.2) is 12.5 Å². The van der Waals surface area contributed by atoms with E-state index in [0.717, 1.165) is 23.4 Å². The van der Waals surface area contributed by atoms with Crippen molar-refractivity contribution >= 4 is 17.7 Å². The van der Waals surface area contributed by atoms with E-state index in [9.17, 15) is 4.79 Å². The van der Waals surface area contributed by atoms with E-state index in [1.54, 1.807) is 11.8 Å². The van der Waals surface area contributed by atoms with Gasteiger partial charge in [-0.3, -0.25) is 4.79 Å². The van der Waals surface area contributed by atoms with Gasteiger partial charge in [0, 0.05) is 11.4 Å².